The fourth-order valence-electron chi connectivity index (χ4n) is 5.15. The first-order chi connectivity index (χ1) is 15.0. The van der Waals surface area contributed by atoms with Crippen LogP contribution in [0.3, 0.4) is 0 Å². The Kier molecular flexibility index (Phi) is 7.00. The minimum Gasteiger partial charge on any atom is -0.349 e. The van der Waals surface area contributed by atoms with E-state index in [0.717, 1.165) is 51.4 Å². The zero-order valence-electron chi connectivity index (χ0n) is 17.7. The van der Waals surface area contributed by atoms with E-state index in [1.54, 1.807) is 29.2 Å². The van der Waals surface area contributed by atoms with Gasteiger partial charge in [0, 0.05) is 22.8 Å². The fourth-order valence-corrected chi connectivity index (χ4v) is 5.28. The summed E-state index contributed by atoms with van der Waals surface area (Å²) in [6, 6.07) is 5.85. The number of fused-ring (bicyclic) bond motifs is 1. The number of hydrogen-bond acceptors (Lipinski definition) is 3. The van der Waals surface area contributed by atoms with Crippen LogP contribution in [0.4, 0.5) is 10.5 Å². The van der Waals surface area contributed by atoms with Gasteiger partial charge in [-0.1, -0.05) is 43.7 Å². The molecule has 168 valence electrons. The van der Waals surface area contributed by atoms with Crippen LogP contribution in [-0.4, -0.2) is 46.9 Å². The lowest BCUT2D eigenvalue weighted by Gasteiger charge is -2.48. The molecule has 2 aliphatic carbocycles. The standard InChI is InChI=1S/C23H31ClN4O3/c24-15-10-12-17(13-11-15)25-21(29)14-20-22(30)27-18-8-4-5-9-19(18)28(20)23(31)26-16-6-2-1-3-7-16/h10-13,16,18-20H,1-9,14H2,(H,25,29)(H,26,31)(H,27,30)/t18-,19+,20-/m1/s1. The highest BCUT2D eigenvalue weighted by atomic mass is 35.5. The number of nitrogens with one attached hydrogen (secondary N) is 3. The monoisotopic (exact) mass is 446 g/mol. The SMILES string of the molecule is O=C(C[C@@H]1C(=O)N[C@@H]2CCCC[C@@H]2N1C(=O)NC1CCCCC1)Nc1ccc(Cl)cc1. The number of carbonyl (C=O) groups is 3. The molecule has 0 unspecified atom stereocenters. The summed E-state index contributed by atoms with van der Waals surface area (Å²) in [4.78, 5) is 40.7. The quantitative estimate of drug-likeness (QED) is 0.656. The van der Waals surface area contributed by atoms with E-state index < -0.39 is 6.04 Å². The molecule has 1 saturated heterocycles. The topological polar surface area (TPSA) is 90.5 Å². The maximum atomic E-state index is 13.3. The summed E-state index contributed by atoms with van der Waals surface area (Å²) in [5.41, 5.74) is 0.611. The van der Waals surface area contributed by atoms with Crippen molar-refractivity contribution in [3.8, 4) is 0 Å². The zero-order chi connectivity index (χ0) is 21.8. The van der Waals surface area contributed by atoms with Crippen molar-refractivity contribution in [2.24, 2.45) is 0 Å². The van der Waals surface area contributed by atoms with Crippen LogP contribution in [0.15, 0.2) is 24.3 Å². The summed E-state index contributed by atoms with van der Waals surface area (Å²) in [5.74, 6) is -0.541. The lowest BCUT2D eigenvalue weighted by Crippen LogP contribution is -2.69. The number of carbonyl (C=O) groups excluding carboxylic acids is 3. The van der Waals surface area contributed by atoms with Crippen molar-refractivity contribution >= 4 is 35.1 Å². The molecular formula is C23H31ClN4O3. The van der Waals surface area contributed by atoms with Crippen LogP contribution in [0.5, 0.6) is 0 Å². The van der Waals surface area contributed by atoms with Gasteiger partial charge >= 0.3 is 6.03 Å². The van der Waals surface area contributed by atoms with E-state index in [-0.39, 0.29) is 42.4 Å². The normalized spacial score (nSPS) is 26.5. The van der Waals surface area contributed by atoms with Gasteiger partial charge in [-0.05, 0) is 49.9 Å². The summed E-state index contributed by atoms with van der Waals surface area (Å²) >= 11 is 5.91. The van der Waals surface area contributed by atoms with Gasteiger partial charge in [-0.15, -0.1) is 0 Å². The van der Waals surface area contributed by atoms with Crippen LogP contribution in [0.1, 0.15) is 64.2 Å². The van der Waals surface area contributed by atoms with E-state index in [4.69, 9.17) is 11.6 Å². The highest BCUT2D eigenvalue weighted by molar-refractivity contribution is 6.30. The molecule has 3 fully saturated rings. The van der Waals surface area contributed by atoms with Crippen molar-refractivity contribution in [1.29, 1.82) is 0 Å². The Morgan fingerprint density at radius 3 is 2.42 bits per heavy atom. The van der Waals surface area contributed by atoms with Gasteiger partial charge in [-0.25, -0.2) is 4.79 Å². The van der Waals surface area contributed by atoms with Crippen molar-refractivity contribution in [1.82, 2.24) is 15.5 Å². The number of piperazine rings is 1. The molecule has 31 heavy (non-hydrogen) atoms. The first-order valence-corrected chi connectivity index (χ1v) is 11.8. The van der Waals surface area contributed by atoms with Crippen LogP contribution in [0, 0.1) is 0 Å². The minimum atomic E-state index is -0.810. The van der Waals surface area contributed by atoms with E-state index in [9.17, 15) is 14.4 Å². The maximum Gasteiger partial charge on any atom is 0.318 e. The van der Waals surface area contributed by atoms with Gasteiger partial charge in [-0.3, -0.25) is 9.59 Å². The van der Waals surface area contributed by atoms with Crippen LogP contribution in [0.25, 0.3) is 0 Å². The van der Waals surface area contributed by atoms with Gasteiger partial charge in [0.1, 0.15) is 6.04 Å². The average Bonchev–Trinajstić information content (AvgIpc) is 2.76. The Morgan fingerprint density at radius 2 is 1.68 bits per heavy atom. The lowest BCUT2D eigenvalue weighted by atomic mass is 9.85. The van der Waals surface area contributed by atoms with Crippen molar-refractivity contribution in [2.45, 2.75) is 88.4 Å². The van der Waals surface area contributed by atoms with Gasteiger partial charge in [-0.2, -0.15) is 0 Å². The van der Waals surface area contributed by atoms with E-state index in [0.29, 0.717) is 10.7 Å². The molecule has 0 bridgehead atoms. The summed E-state index contributed by atoms with van der Waals surface area (Å²) < 4.78 is 0. The Morgan fingerprint density at radius 1 is 1.00 bits per heavy atom. The van der Waals surface area contributed by atoms with Gasteiger partial charge in [0.2, 0.25) is 11.8 Å². The molecule has 1 heterocycles. The van der Waals surface area contributed by atoms with Crippen LogP contribution in [-0.2, 0) is 9.59 Å². The molecule has 2 saturated carbocycles. The van der Waals surface area contributed by atoms with E-state index in [1.165, 1.54) is 6.42 Å². The molecule has 3 atom stereocenters. The number of nitrogens with zero attached hydrogens (tertiary/aromatic N) is 1. The fraction of sp³-hybridized carbons (Fsp3) is 0.609. The highest BCUT2D eigenvalue weighted by Crippen LogP contribution is 2.30. The third kappa shape index (κ3) is 5.32. The number of amides is 4. The first-order valence-electron chi connectivity index (χ1n) is 11.5. The molecule has 7 nitrogen and oxygen atoms in total. The Balaban J connectivity index is 1.49. The van der Waals surface area contributed by atoms with Gasteiger partial charge in [0.25, 0.3) is 0 Å². The lowest BCUT2D eigenvalue weighted by molar-refractivity contribution is -0.135. The molecule has 3 aliphatic rings. The third-order valence-electron chi connectivity index (χ3n) is 6.73. The smallest absolute Gasteiger partial charge is 0.318 e. The Labute approximate surface area is 188 Å². The first kappa shape index (κ1) is 21.9. The van der Waals surface area contributed by atoms with Crippen molar-refractivity contribution < 1.29 is 14.4 Å². The number of urea groups is 1. The zero-order valence-corrected chi connectivity index (χ0v) is 18.5. The number of rotatable bonds is 4. The largest absolute Gasteiger partial charge is 0.349 e. The summed E-state index contributed by atoms with van der Waals surface area (Å²) in [6.45, 7) is 0. The summed E-state index contributed by atoms with van der Waals surface area (Å²) in [7, 11) is 0. The Hall–Kier alpha value is -2.28. The Bertz CT molecular complexity index is 810. The van der Waals surface area contributed by atoms with Crippen LogP contribution >= 0.6 is 11.6 Å². The van der Waals surface area contributed by atoms with E-state index >= 15 is 0 Å². The molecule has 0 spiro atoms. The molecule has 4 rings (SSSR count). The number of hydrogen-bond donors (Lipinski definition) is 3. The van der Waals surface area contributed by atoms with Crippen molar-refractivity contribution in [3.63, 3.8) is 0 Å². The summed E-state index contributed by atoms with van der Waals surface area (Å²) in [6.07, 6.45) is 9.09. The predicted octanol–water partition coefficient (Wildman–Crippen LogP) is 3.82. The summed E-state index contributed by atoms with van der Waals surface area (Å²) in [5, 5.41) is 9.63. The predicted molar refractivity (Wildman–Crippen MR) is 120 cm³/mol. The molecule has 1 aromatic carbocycles. The molecule has 0 aromatic heterocycles. The highest BCUT2D eigenvalue weighted by Gasteiger charge is 2.46. The minimum absolute atomic E-state index is 0.0334. The van der Waals surface area contributed by atoms with Gasteiger partial charge < -0.3 is 20.9 Å². The van der Waals surface area contributed by atoms with Crippen molar-refractivity contribution in [3.05, 3.63) is 29.3 Å². The molecule has 1 aliphatic heterocycles. The third-order valence-corrected chi connectivity index (χ3v) is 6.98. The van der Waals surface area contributed by atoms with E-state index in [1.807, 2.05) is 0 Å². The van der Waals surface area contributed by atoms with Gasteiger partial charge in [0.05, 0.1) is 12.5 Å². The van der Waals surface area contributed by atoms with Gasteiger partial charge in [0.15, 0.2) is 0 Å². The van der Waals surface area contributed by atoms with Crippen LogP contribution < -0.4 is 16.0 Å². The molecule has 8 heteroatoms. The molecule has 4 amide bonds. The second-order valence-electron chi connectivity index (χ2n) is 8.93. The number of benzene rings is 1. The molecule has 3 N–H and O–H groups in total. The average molecular weight is 447 g/mol. The number of anilines is 1. The molecule has 0 radical (unpaired) electrons. The molecule has 1 aromatic rings. The van der Waals surface area contributed by atoms with Crippen LogP contribution in [0.2, 0.25) is 5.02 Å². The maximum absolute atomic E-state index is 13.3. The van der Waals surface area contributed by atoms with E-state index in [2.05, 4.69) is 16.0 Å². The van der Waals surface area contributed by atoms with Crippen molar-refractivity contribution in [2.75, 3.05) is 5.32 Å². The second-order valence-corrected chi connectivity index (χ2v) is 9.37. The number of halogens is 1. The second kappa shape index (κ2) is 9.90. The molecular weight excluding hydrogens is 416 g/mol.